The first-order valence-corrected chi connectivity index (χ1v) is 9.01. The lowest BCUT2D eigenvalue weighted by Crippen LogP contribution is -2.17. The number of amides is 1. The summed E-state index contributed by atoms with van der Waals surface area (Å²) in [6.07, 6.45) is 1.44. The lowest BCUT2D eigenvalue weighted by molar-refractivity contribution is 0.0734. The van der Waals surface area contributed by atoms with E-state index in [2.05, 4.69) is 26.5 Å². The predicted molar refractivity (Wildman–Crippen MR) is 109 cm³/mol. The van der Waals surface area contributed by atoms with E-state index in [-0.39, 0.29) is 11.3 Å². The van der Waals surface area contributed by atoms with Gasteiger partial charge < -0.3 is 9.84 Å². The van der Waals surface area contributed by atoms with Gasteiger partial charge in [-0.3, -0.25) is 4.79 Å². The van der Waals surface area contributed by atoms with Crippen molar-refractivity contribution in [1.29, 1.82) is 0 Å². The molecule has 0 saturated heterocycles. The summed E-state index contributed by atoms with van der Waals surface area (Å²) in [6.45, 7) is 0. The minimum Gasteiger partial charge on any atom is -0.507 e. The Morgan fingerprint density at radius 2 is 1.75 bits per heavy atom. The van der Waals surface area contributed by atoms with E-state index in [1.54, 1.807) is 54.6 Å². The number of hydrogen-bond acceptors (Lipinski definition) is 5. The SMILES string of the molecule is O=C(Oc1ccc(/C=N\NC(=O)c2ccccc2O)cc1)c1cccc(Br)c1. The zero-order chi connectivity index (χ0) is 19.9. The number of hydrazone groups is 1. The highest BCUT2D eigenvalue weighted by molar-refractivity contribution is 9.10. The van der Waals surface area contributed by atoms with Crippen molar-refractivity contribution < 1.29 is 19.4 Å². The van der Waals surface area contributed by atoms with Gasteiger partial charge in [-0.25, -0.2) is 10.2 Å². The number of para-hydroxylation sites is 1. The molecule has 0 fully saturated rings. The molecule has 0 unspecified atom stereocenters. The van der Waals surface area contributed by atoms with Gasteiger partial charge in [0.1, 0.15) is 11.5 Å². The molecule has 3 aromatic carbocycles. The second-order valence-electron chi connectivity index (χ2n) is 5.69. The Hall–Kier alpha value is -3.45. The summed E-state index contributed by atoms with van der Waals surface area (Å²) < 4.78 is 6.11. The molecule has 0 aromatic heterocycles. The number of aromatic hydroxyl groups is 1. The molecular weight excluding hydrogens is 424 g/mol. The number of hydrogen-bond donors (Lipinski definition) is 2. The molecule has 0 bridgehead atoms. The first kappa shape index (κ1) is 19.3. The number of phenolic OH excluding ortho intramolecular Hbond substituents is 1. The van der Waals surface area contributed by atoms with Crippen LogP contribution in [0.25, 0.3) is 0 Å². The van der Waals surface area contributed by atoms with Crippen molar-refractivity contribution in [1.82, 2.24) is 5.43 Å². The molecular formula is C21H15BrN2O4. The Bertz CT molecular complexity index is 1030. The van der Waals surface area contributed by atoms with Crippen LogP contribution in [0.1, 0.15) is 26.3 Å². The minimum atomic E-state index is -0.520. The summed E-state index contributed by atoms with van der Waals surface area (Å²) >= 11 is 3.31. The number of nitrogens with one attached hydrogen (secondary N) is 1. The van der Waals surface area contributed by atoms with Gasteiger partial charge in [0.15, 0.2) is 0 Å². The van der Waals surface area contributed by atoms with Gasteiger partial charge >= 0.3 is 5.97 Å². The van der Waals surface area contributed by atoms with E-state index in [1.807, 2.05) is 6.07 Å². The molecule has 28 heavy (non-hydrogen) atoms. The van der Waals surface area contributed by atoms with Gasteiger partial charge in [0.25, 0.3) is 5.91 Å². The van der Waals surface area contributed by atoms with Crippen molar-refractivity contribution in [2.45, 2.75) is 0 Å². The number of esters is 1. The highest BCUT2D eigenvalue weighted by atomic mass is 79.9. The highest BCUT2D eigenvalue weighted by Gasteiger charge is 2.09. The minimum absolute atomic E-state index is 0.119. The van der Waals surface area contributed by atoms with Crippen LogP contribution in [0.4, 0.5) is 0 Å². The average molecular weight is 439 g/mol. The maximum absolute atomic E-state index is 12.1. The second kappa shape index (κ2) is 8.96. The van der Waals surface area contributed by atoms with Crippen LogP contribution in [0.15, 0.2) is 82.4 Å². The topological polar surface area (TPSA) is 88.0 Å². The molecule has 3 aromatic rings. The highest BCUT2D eigenvalue weighted by Crippen LogP contribution is 2.17. The second-order valence-corrected chi connectivity index (χ2v) is 6.60. The molecule has 1 amide bonds. The summed E-state index contributed by atoms with van der Waals surface area (Å²) in [5.74, 6) is -0.709. The molecule has 0 atom stereocenters. The van der Waals surface area contributed by atoms with Crippen molar-refractivity contribution in [2.75, 3.05) is 0 Å². The number of phenols is 1. The molecule has 0 spiro atoms. The van der Waals surface area contributed by atoms with Gasteiger partial charge in [-0.15, -0.1) is 0 Å². The van der Waals surface area contributed by atoms with Crippen LogP contribution in [0, 0.1) is 0 Å². The number of halogens is 1. The number of carbonyl (C=O) groups is 2. The Balaban J connectivity index is 1.58. The lowest BCUT2D eigenvalue weighted by Gasteiger charge is -2.05. The van der Waals surface area contributed by atoms with Gasteiger partial charge in [-0.05, 0) is 60.2 Å². The smallest absolute Gasteiger partial charge is 0.343 e. The van der Waals surface area contributed by atoms with Gasteiger partial charge in [0.2, 0.25) is 0 Å². The average Bonchev–Trinajstić information content (AvgIpc) is 2.69. The van der Waals surface area contributed by atoms with Crippen LogP contribution in [-0.4, -0.2) is 23.2 Å². The molecule has 0 heterocycles. The molecule has 0 aliphatic carbocycles. The number of rotatable bonds is 5. The van der Waals surface area contributed by atoms with Crippen LogP contribution in [0.3, 0.4) is 0 Å². The van der Waals surface area contributed by atoms with Crippen LogP contribution in [0.5, 0.6) is 11.5 Å². The van der Waals surface area contributed by atoms with Gasteiger partial charge in [0.05, 0.1) is 17.3 Å². The maximum Gasteiger partial charge on any atom is 0.343 e. The first-order chi connectivity index (χ1) is 13.5. The Morgan fingerprint density at radius 3 is 2.46 bits per heavy atom. The molecule has 2 N–H and O–H groups in total. The Kier molecular flexibility index (Phi) is 6.18. The monoisotopic (exact) mass is 438 g/mol. The zero-order valence-electron chi connectivity index (χ0n) is 14.5. The standard InChI is InChI=1S/C21H15BrN2O4/c22-16-5-3-4-15(12-16)21(27)28-17-10-8-14(9-11-17)13-23-24-20(26)18-6-1-2-7-19(18)25/h1-13,25H,(H,24,26)/b23-13-. The van der Waals surface area contributed by atoms with Gasteiger partial charge in [-0.1, -0.05) is 34.1 Å². The third-order valence-corrected chi connectivity index (χ3v) is 4.17. The maximum atomic E-state index is 12.1. The molecule has 0 radical (unpaired) electrons. The Labute approximate surface area is 169 Å². The van der Waals surface area contributed by atoms with Gasteiger partial charge in [-0.2, -0.15) is 5.10 Å². The van der Waals surface area contributed by atoms with E-state index < -0.39 is 11.9 Å². The van der Waals surface area contributed by atoms with E-state index in [0.29, 0.717) is 16.9 Å². The van der Waals surface area contributed by atoms with Crippen LogP contribution in [0.2, 0.25) is 0 Å². The number of benzene rings is 3. The molecule has 6 nitrogen and oxygen atoms in total. The third kappa shape index (κ3) is 5.05. The molecule has 0 saturated carbocycles. The molecule has 0 aliphatic heterocycles. The normalized spacial score (nSPS) is 10.6. The molecule has 0 aliphatic rings. The van der Waals surface area contributed by atoms with E-state index in [4.69, 9.17) is 4.74 Å². The van der Waals surface area contributed by atoms with Gasteiger partial charge in [0, 0.05) is 4.47 Å². The van der Waals surface area contributed by atoms with Crippen molar-refractivity contribution in [3.8, 4) is 11.5 Å². The fourth-order valence-corrected chi connectivity index (χ4v) is 2.69. The van der Waals surface area contributed by atoms with E-state index in [1.165, 1.54) is 18.3 Å². The fraction of sp³-hybridized carbons (Fsp3) is 0. The zero-order valence-corrected chi connectivity index (χ0v) is 16.1. The number of ether oxygens (including phenoxy) is 1. The summed E-state index contributed by atoms with van der Waals surface area (Å²) in [6, 6.07) is 19.8. The number of nitrogens with zero attached hydrogens (tertiary/aromatic N) is 1. The largest absolute Gasteiger partial charge is 0.507 e. The summed E-state index contributed by atoms with van der Waals surface area (Å²) in [5.41, 5.74) is 3.61. The fourth-order valence-electron chi connectivity index (χ4n) is 2.29. The van der Waals surface area contributed by atoms with Crippen molar-refractivity contribution in [2.24, 2.45) is 5.10 Å². The van der Waals surface area contributed by atoms with Crippen molar-refractivity contribution in [3.63, 3.8) is 0 Å². The van der Waals surface area contributed by atoms with E-state index in [0.717, 1.165) is 4.47 Å². The quantitative estimate of drug-likeness (QED) is 0.271. The van der Waals surface area contributed by atoms with Crippen LogP contribution in [-0.2, 0) is 0 Å². The Morgan fingerprint density at radius 1 is 1.00 bits per heavy atom. The predicted octanol–water partition coefficient (Wildman–Crippen LogP) is 4.14. The van der Waals surface area contributed by atoms with E-state index >= 15 is 0 Å². The number of carbonyl (C=O) groups excluding carboxylic acids is 2. The summed E-state index contributed by atoms with van der Waals surface area (Å²) in [5, 5.41) is 13.5. The molecule has 7 heteroatoms. The van der Waals surface area contributed by atoms with E-state index in [9.17, 15) is 14.7 Å². The van der Waals surface area contributed by atoms with Crippen LogP contribution < -0.4 is 10.2 Å². The third-order valence-electron chi connectivity index (χ3n) is 3.68. The van der Waals surface area contributed by atoms with Crippen molar-refractivity contribution >= 4 is 34.0 Å². The molecule has 3 rings (SSSR count). The van der Waals surface area contributed by atoms with Crippen LogP contribution >= 0.6 is 15.9 Å². The lowest BCUT2D eigenvalue weighted by atomic mass is 10.2. The summed E-state index contributed by atoms with van der Waals surface area (Å²) in [4.78, 5) is 24.1. The van der Waals surface area contributed by atoms with Crippen molar-refractivity contribution in [3.05, 3.63) is 94.0 Å². The first-order valence-electron chi connectivity index (χ1n) is 8.22. The molecule has 140 valence electrons. The summed E-state index contributed by atoms with van der Waals surface area (Å²) in [7, 11) is 0.